The van der Waals surface area contributed by atoms with Gasteiger partial charge in [0.25, 0.3) is 0 Å². The second-order valence-electron chi connectivity index (χ2n) is 4.88. The van der Waals surface area contributed by atoms with Crippen LogP contribution in [0.5, 0.6) is 0 Å². The van der Waals surface area contributed by atoms with Crippen LogP contribution >= 0.6 is 0 Å². The van der Waals surface area contributed by atoms with Crippen LogP contribution in [-0.4, -0.2) is 16.1 Å². The van der Waals surface area contributed by atoms with E-state index in [0.29, 0.717) is 0 Å². The van der Waals surface area contributed by atoms with Gasteiger partial charge in [-0.1, -0.05) is 13.0 Å². The smallest absolute Gasteiger partial charge is 0.129 e. The molecule has 5 heteroatoms. The molecule has 2 rings (SSSR count). The molecule has 20 heavy (non-hydrogen) atoms. The zero-order valence-electron chi connectivity index (χ0n) is 11.7. The van der Waals surface area contributed by atoms with Crippen molar-refractivity contribution in [3.63, 3.8) is 0 Å². The molecule has 1 unspecified atom stereocenters. The fraction of sp³-hybridized carbons (Fsp3) is 0.400. The van der Waals surface area contributed by atoms with Crippen LogP contribution in [0.3, 0.4) is 0 Å². The van der Waals surface area contributed by atoms with Crippen LogP contribution in [-0.2, 0) is 13.5 Å². The van der Waals surface area contributed by atoms with Crippen molar-refractivity contribution in [3.8, 4) is 0 Å². The third-order valence-corrected chi connectivity index (χ3v) is 3.19. The summed E-state index contributed by atoms with van der Waals surface area (Å²) in [5.74, 6) is -1.02. The van der Waals surface area contributed by atoms with Gasteiger partial charge in [-0.15, -0.1) is 0 Å². The molecule has 0 saturated carbocycles. The van der Waals surface area contributed by atoms with E-state index in [0.717, 1.165) is 18.7 Å². The SMILES string of the molecule is CCCNC(Cc1c(F)cccc1F)c1cn(C)cn1. The van der Waals surface area contributed by atoms with E-state index in [2.05, 4.69) is 10.3 Å². The first kappa shape index (κ1) is 14.7. The number of halogens is 2. The average molecular weight is 279 g/mol. The molecule has 2 aromatic rings. The van der Waals surface area contributed by atoms with E-state index in [-0.39, 0.29) is 18.0 Å². The van der Waals surface area contributed by atoms with Crippen molar-refractivity contribution in [2.24, 2.45) is 7.05 Å². The summed E-state index contributed by atoms with van der Waals surface area (Å²) in [5, 5.41) is 3.29. The van der Waals surface area contributed by atoms with Gasteiger partial charge >= 0.3 is 0 Å². The lowest BCUT2D eigenvalue weighted by Crippen LogP contribution is -2.25. The Morgan fingerprint density at radius 2 is 2.00 bits per heavy atom. The van der Waals surface area contributed by atoms with Crippen LogP contribution in [0.2, 0.25) is 0 Å². The number of aromatic nitrogens is 2. The summed E-state index contributed by atoms with van der Waals surface area (Å²) in [4.78, 5) is 4.28. The van der Waals surface area contributed by atoms with Gasteiger partial charge in [-0.25, -0.2) is 13.8 Å². The molecule has 0 aliphatic carbocycles. The lowest BCUT2D eigenvalue weighted by Gasteiger charge is -2.17. The predicted molar refractivity (Wildman–Crippen MR) is 74.3 cm³/mol. The summed E-state index contributed by atoms with van der Waals surface area (Å²) in [6.07, 6.45) is 4.75. The summed E-state index contributed by atoms with van der Waals surface area (Å²) in [5.41, 5.74) is 0.898. The number of benzene rings is 1. The Hall–Kier alpha value is -1.75. The van der Waals surface area contributed by atoms with Gasteiger partial charge in [-0.3, -0.25) is 0 Å². The van der Waals surface area contributed by atoms with Crippen LogP contribution in [0.15, 0.2) is 30.7 Å². The van der Waals surface area contributed by atoms with E-state index < -0.39 is 11.6 Å². The maximum atomic E-state index is 13.8. The van der Waals surface area contributed by atoms with Gasteiger partial charge < -0.3 is 9.88 Å². The Morgan fingerprint density at radius 1 is 1.30 bits per heavy atom. The van der Waals surface area contributed by atoms with Gasteiger partial charge in [0.15, 0.2) is 0 Å². The number of imidazole rings is 1. The Kier molecular flexibility index (Phi) is 4.84. The zero-order valence-corrected chi connectivity index (χ0v) is 11.7. The molecular formula is C15H19F2N3. The summed E-state index contributed by atoms with van der Waals surface area (Å²) in [6, 6.07) is 3.76. The van der Waals surface area contributed by atoms with E-state index in [4.69, 9.17) is 0 Å². The summed E-state index contributed by atoms with van der Waals surface area (Å²) >= 11 is 0. The Morgan fingerprint density at radius 3 is 2.55 bits per heavy atom. The Labute approximate surface area is 117 Å². The van der Waals surface area contributed by atoms with E-state index in [1.54, 1.807) is 6.33 Å². The first-order chi connectivity index (χ1) is 9.61. The first-order valence-corrected chi connectivity index (χ1v) is 6.76. The van der Waals surface area contributed by atoms with E-state index in [1.807, 2.05) is 24.7 Å². The van der Waals surface area contributed by atoms with Gasteiger partial charge in [-0.2, -0.15) is 0 Å². The fourth-order valence-electron chi connectivity index (χ4n) is 2.14. The van der Waals surface area contributed by atoms with Crippen molar-refractivity contribution >= 4 is 0 Å². The third kappa shape index (κ3) is 3.42. The summed E-state index contributed by atoms with van der Waals surface area (Å²) in [7, 11) is 1.87. The van der Waals surface area contributed by atoms with Gasteiger partial charge in [-0.05, 0) is 31.5 Å². The van der Waals surface area contributed by atoms with Crippen LogP contribution in [0, 0.1) is 11.6 Å². The molecule has 1 heterocycles. The molecular weight excluding hydrogens is 260 g/mol. The van der Waals surface area contributed by atoms with Gasteiger partial charge in [0, 0.05) is 18.8 Å². The third-order valence-electron chi connectivity index (χ3n) is 3.19. The Bertz CT molecular complexity index is 546. The Balaban J connectivity index is 2.23. The highest BCUT2D eigenvalue weighted by Gasteiger charge is 2.18. The molecule has 0 aliphatic heterocycles. The minimum atomic E-state index is -0.510. The van der Waals surface area contributed by atoms with Crippen LogP contribution < -0.4 is 5.32 Å². The van der Waals surface area contributed by atoms with E-state index in [1.165, 1.54) is 18.2 Å². The summed E-state index contributed by atoms with van der Waals surface area (Å²) in [6.45, 7) is 2.82. The molecule has 0 aliphatic rings. The largest absolute Gasteiger partial charge is 0.340 e. The molecule has 0 fully saturated rings. The predicted octanol–water partition coefficient (Wildman–Crippen LogP) is 2.98. The molecule has 0 spiro atoms. The van der Waals surface area contributed by atoms with Crippen molar-refractivity contribution < 1.29 is 8.78 Å². The standard InChI is InChI=1S/C15H19F2N3/c1-3-7-18-14(15-9-20(2)10-19-15)8-11-12(16)5-4-6-13(11)17/h4-6,9-10,14,18H,3,7-8H2,1-2H3. The lowest BCUT2D eigenvalue weighted by molar-refractivity contribution is 0.484. The monoisotopic (exact) mass is 279 g/mol. The number of hydrogen-bond donors (Lipinski definition) is 1. The molecule has 0 radical (unpaired) electrons. The molecule has 1 atom stereocenters. The minimum Gasteiger partial charge on any atom is -0.340 e. The van der Waals surface area contributed by atoms with Crippen molar-refractivity contribution in [1.82, 2.24) is 14.9 Å². The van der Waals surface area contributed by atoms with E-state index in [9.17, 15) is 8.78 Å². The molecule has 1 aromatic carbocycles. The van der Waals surface area contributed by atoms with Crippen LogP contribution in [0.1, 0.15) is 30.6 Å². The van der Waals surface area contributed by atoms with Crippen LogP contribution in [0.25, 0.3) is 0 Å². The molecule has 1 aromatic heterocycles. The maximum Gasteiger partial charge on any atom is 0.129 e. The normalized spacial score (nSPS) is 12.6. The average Bonchev–Trinajstić information content (AvgIpc) is 2.84. The number of nitrogens with zero attached hydrogens (tertiary/aromatic N) is 2. The highest BCUT2D eigenvalue weighted by atomic mass is 19.1. The maximum absolute atomic E-state index is 13.8. The number of aryl methyl sites for hydroxylation is 1. The van der Waals surface area contributed by atoms with E-state index >= 15 is 0 Å². The topological polar surface area (TPSA) is 29.9 Å². The van der Waals surface area contributed by atoms with Crippen LogP contribution in [0.4, 0.5) is 8.78 Å². The second kappa shape index (κ2) is 6.61. The quantitative estimate of drug-likeness (QED) is 0.881. The lowest BCUT2D eigenvalue weighted by atomic mass is 10.0. The number of nitrogens with one attached hydrogen (secondary N) is 1. The fourth-order valence-corrected chi connectivity index (χ4v) is 2.14. The number of rotatable bonds is 6. The van der Waals surface area contributed by atoms with Crippen molar-refractivity contribution in [3.05, 3.63) is 53.6 Å². The summed E-state index contributed by atoms with van der Waals surface area (Å²) < 4.78 is 29.3. The highest BCUT2D eigenvalue weighted by Crippen LogP contribution is 2.21. The van der Waals surface area contributed by atoms with Gasteiger partial charge in [0.05, 0.1) is 18.1 Å². The zero-order chi connectivity index (χ0) is 14.5. The molecule has 108 valence electrons. The minimum absolute atomic E-state index is 0.103. The molecule has 0 bridgehead atoms. The first-order valence-electron chi connectivity index (χ1n) is 6.76. The second-order valence-corrected chi connectivity index (χ2v) is 4.88. The number of hydrogen-bond acceptors (Lipinski definition) is 2. The molecule has 0 saturated heterocycles. The van der Waals surface area contributed by atoms with Gasteiger partial charge in [0.1, 0.15) is 11.6 Å². The van der Waals surface area contributed by atoms with Gasteiger partial charge in [0.2, 0.25) is 0 Å². The van der Waals surface area contributed by atoms with Crippen molar-refractivity contribution in [1.29, 1.82) is 0 Å². The molecule has 3 nitrogen and oxygen atoms in total. The van der Waals surface area contributed by atoms with Crippen molar-refractivity contribution in [2.45, 2.75) is 25.8 Å². The molecule has 0 amide bonds. The molecule has 1 N–H and O–H groups in total. The highest BCUT2D eigenvalue weighted by molar-refractivity contribution is 5.22. The van der Waals surface area contributed by atoms with Crippen molar-refractivity contribution in [2.75, 3.05) is 6.54 Å².